The number of nitrogens with zero attached hydrogens (tertiary/aromatic N) is 1. The number of rotatable bonds is 6. The van der Waals surface area contributed by atoms with Gasteiger partial charge < -0.3 is 21.7 Å². The molecule has 1 heterocycles. The lowest BCUT2D eigenvalue weighted by atomic mass is 10.4. The van der Waals surface area contributed by atoms with E-state index in [0.29, 0.717) is 10.0 Å². The lowest BCUT2D eigenvalue weighted by molar-refractivity contribution is -0.120. The molecule has 1 aromatic rings. The van der Waals surface area contributed by atoms with Crippen molar-refractivity contribution in [1.29, 1.82) is 0 Å². The minimum atomic E-state index is -0.372. The van der Waals surface area contributed by atoms with Crippen molar-refractivity contribution in [2.75, 3.05) is 17.6 Å². The van der Waals surface area contributed by atoms with Crippen LogP contribution in [-0.4, -0.2) is 35.4 Å². The van der Waals surface area contributed by atoms with E-state index in [2.05, 4.69) is 20.9 Å². The minimum absolute atomic E-state index is 0.0420. The van der Waals surface area contributed by atoms with E-state index in [1.54, 1.807) is 0 Å². The highest BCUT2D eigenvalue weighted by molar-refractivity contribution is 7.18. The number of amides is 2. The van der Waals surface area contributed by atoms with E-state index in [1.165, 1.54) is 11.3 Å². The van der Waals surface area contributed by atoms with Crippen LogP contribution in [-0.2, 0) is 4.79 Å². The van der Waals surface area contributed by atoms with Crippen LogP contribution in [0.15, 0.2) is 0 Å². The second-order valence-corrected chi connectivity index (χ2v) is 6.06. The Morgan fingerprint density at radius 1 is 1.45 bits per heavy atom. The molecular formula is C12H19N5O2S. The summed E-state index contributed by atoms with van der Waals surface area (Å²) in [5.41, 5.74) is 5.71. The van der Waals surface area contributed by atoms with Gasteiger partial charge in [0.25, 0.3) is 5.91 Å². The molecule has 7 nitrogen and oxygen atoms in total. The van der Waals surface area contributed by atoms with Gasteiger partial charge in [-0.05, 0) is 26.7 Å². The topological polar surface area (TPSA) is 109 Å². The van der Waals surface area contributed by atoms with Crippen molar-refractivity contribution in [1.82, 2.24) is 15.6 Å². The molecule has 8 heteroatoms. The molecule has 0 saturated heterocycles. The molecule has 0 aliphatic heterocycles. The smallest absolute Gasteiger partial charge is 0.265 e. The van der Waals surface area contributed by atoms with Crippen molar-refractivity contribution in [3.05, 3.63) is 4.88 Å². The zero-order valence-electron chi connectivity index (χ0n) is 11.5. The molecule has 110 valence electrons. The van der Waals surface area contributed by atoms with Gasteiger partial charge in [-0.3, -0.25) is 9.59 Å². The third kappa shape index (κ3) is 4.09. The molecule has 0 unspecified atom stereocenters. The summed E-state index contributed by atoms with van der Waals surface area (Å²) in [4.78, 5) is 27.8. The third-order valence-electron chi connectivity index (χ3n) is 2.62. The number of carbonyl (C=O) groups excluding carboxylic acids is 2. The molecule has 1 saturated carbocycles. The van der Waals surface area contributed by atoms with Crippen LogP contribution in [0, 0.1) is 0 Å². The van der Waals surface area contributed by atoms with E-state index in [4.69, 9.17) is 5.73 Å². The maximum atomic E-state index is 11.9. The fraction of sp³-hybridized carbons (Fsp3) is 0.583. The highest BCUT2D eigenvalue weighted by atomic mass is 32.1. The number of hydrogen-bond donors (Lipinski definition) is 4. The molecule has 1 fully saturated rings. The van der Waals surface area contributed by atoms with Gasteiger partial charge >= 0.3 is 0 Å². The largest absolute Gasteiger partial charge is 0.382 e. The van der Waals surface area contributed by atoms with E-state index in [9.17, 15) is 9.59 Å². The summed E-state index contributed by atoms with van der Waals surface area (Å²) in [5, 5.41) is 9.04. The van der Waals surface area contributed by atoms with Gasteiger partial charge in [0.15, 0.2) is 5.13 Å². The number of carbonyl (C=O) groups is 2. The molecule has 5 N–H and O–H groups in total. The lowest BCUT2D eigenvalue weighted by Gasteiger charge is -2.05. The van der Waals surface area contributed by atoms with Gasteiger partial charge in [0, 0.05) is 12.1 Å². The van der Waals surface area contributed by atoms with Crippen molar-refractivity contribution in [3.63, 3.8) is 0 Å². The quantitative estimate of drug-likeness (QED) is 0.613. The predicted molar refractivity (Wildman–Crippen MR) is 78.8 cm³/mol. The van der Waals surface area contributed by atoms with E-state index in [-0.39, 0.29) is 36.3 Å². The van der Waals surface area contributed by atoms with Crippen molar-refractivity contribution >= 4 is 34.1 Å². The number of nitrogen functional groups attached to an aromatic ring is 1. The number of hydrogen-bond acceptors (Lipinski definition) is 6. The molecule has 0 bridgehead atoms. The molecule has 0 spiro atoms. The Balaban J connectivity index is 1.87. The standard InChI is InChI=1S/C12H19N5O2S/c1-6(2)15-12-17-10(13)9(20-12)11(19)14-5-8(18)16-7-3-4-7/h6-7H,3-5,13H2,1-2H3,(H,14,19)(H,15,17)(H,16,18). The van der Waals surface area contributed by atoms with Crippen molar-refractivity contribution < 1.29 is 9.59 Å². The molecule has 0 radical (unpaired) electrons. The van der Waals surface area contributed by atoms with Crippen LogP contribution in [0.2, 0.25) is 0 Å². The van der Waals surface area contributed by atoms with Crippen LogP contribution in [0.3, 0.4) is 0 Å². The second-order valence-electron chi connectivity index (χ2n) is 5.06. The Labute approximate surface area is 121 Å². The highest BCUT2D eigenvalue weighted by Gasteiger charge is 2.23. The molecule has 1 aliphatic carbocycles. The molecule has 1 aromatic heterocycles. The Morgan fingerprint density at radius 2 is 2.15 bits per heavy atom. The van der Waals surface area contributed by atoms with Gasteiger partial charge in [0.1, 0.15) is 10.7 Å². The number of anilines is 2. The van der Waals surface area contributed by atoms with Crippen LogP contribution < -0.4 is 21.7 Å². The summed E-state index contributed by atoms with van der Waals surface area (Å²) < 4.78 is 0. The van der Waals surface area contributed by atoms with Gasteiger partial charge in [-0.1, -0.05) is 11.3 Å². The summed E-state index contributed by atoms with van der Waals surface area (Å²) in [6, 6.07) is 0.496. The van der Waals surface area contributed by atoms with Crippen LogP contribution in [0.25, 0.3) is 0 Å². The number of nitrogens with two attached hydrogens (primary N) is 1. The first-order chi connectivity index (χ1) is 9.45. The normalized spacial score (nSPS) is 14.2. The third-order valence-corrected chi connectivity index (χ3v) is 3.62. The highest BCUT2D eigenvalue weighted by Crippen LogP contribution is 2.25. The summed E-state index contributed by atoms with van der Waals surface area (Å²) in [5.74, 6) is -0.370. The number of nitrogens with one attached hydrogen (secondary N) is 3. The van der Waals surface area contributed by atoms with E-state index >= 15 is 0 Å². The Kier molecular flexibility index (Phi) is 4.43. The van der Waals surface area contributed by atoms with E-state index in [0.717, 1.165) is 12.8 Å². The van der Waals surface area contributed by atoms with Crippen LogP contribution in [0.5, 0.6) is 0 Å². The monoisotopic (exact) mass is 297 g/mol. The van der Waals surface area contributed by atoms with Gasteiger partial charge in [-0.2, -0.15) is 0 Å². The average Bonchev–Trinajstić information content (AvgIpc) is 3.08. The number of aromatic nitrogens is 1. The number of thiazole rings is 1. The predicted octanol–water partition coefficient (Wildman–Crippen LogP) is 0.554. The van der Waals surface area contributed by atoms with Gasteiger partial charge in [0.2, 0.25) is 5.91 Å². The van der Waals surface area contributed by atoms with Gasteiger partial charge in [0.05, 0.1) is 6.54 Å². The van der Waals surface area contributed by atoms with Crippen molar-refractivity contribution in [3.8, 4) is 0 Å². The molecular weight excluding hydrogens is 278 g/mol. The second kappa shape index (κ2) is 6.08. The SMILES string of the molecule is CC(C)Nc1nc(N)c(C(=O)NCC(=O)NC2CC2)s1. The van der Waals surface area contributed by atoms with Crippen molar-refractivity contribution in [2.45, 2.75) is 38.8 Å². The first-order valence-corrected chi connectivity index (χ1v) is 7.37. The van der Waals surface area contributed by atoms with Crippen molar-refractivity contribution in [2.24, 2.45) is 0 Å². The fourth-order valence-electron chi connectivity index (χ4n) is 1.55. The zero-order chi connectivity index (χ0) is 14.7. The first kappa shape index (κ1) is 14.6. The lowest BCUT2D eigenvalue weighted by Crippen LogP contribution is -2.37. The van der Waals surface area contributed by atoms with E-state index in [1.807, 2.05) is 13.8 Å². The Bertz CT molecular complexity index is 510. The summed E-state index contributed by atoms with van der Waals surface area (Å²) in [6.45, 7) is 3.90. The average molecular weight is 297 g/mol. The molecule has 20 heavy (non-hydrogen) atoms. The Hall–Kier alpha value is -1.83. The zero-order valence-corrected chi connectivity index (χ0v) is 12.3. The first-order valence-electron chi connectivity index (χ1n) is 6.56. The minimum Gasteiger partial charge on any atom is -0.382 e. The molecule has 2 rings (SSSR count). The maximum Gasteiger partial charge on any atom is 0.265 e. The van der Waals surface area contributed by atoms with Crippen LogP contribution in [0.4, 0.5) is 10.9 Å². The summed E-state index contributed by atoms with van der Waals surface area (Å²) in [7, 11) is 0. The van der Waals surface area contributed by atoms with Crippen LogP contribution in [0.1, 0.15) is 36.4 Å². The maximum absolute atomic E-state index is 11.9. The fourth-order valence-corrected chi connectivity index (χ4v) is 2.50. The van der Waals surface area contributed by atoms with Gasteiger partial charge in [-0.15, -0.1) is 0 Å². The molecule has 0 aromatic carbocycles. The molecule has 2 amide bonds. The van der Waals surface area contributed by atoms with Crippen LogP contribution >= 0.6 is 11.3 Å². The summed E-state index contributed by atoms with van der Waals surface area (Å²) in [6.07, 6.45) is 2.04. The van der Waals surface area contributed by atoms with E-state index < -0.39 is 0 Å². The molecule has 1 aliphatic rings. The summed E-state index contributed by atoms with van der Waals surface area (Å²) >= 11 is 1.18. The molecule has 0 atom stereocenters. The Morgan fingerprint density at radius 3 is 2.75 bits per heavy atom. The van der Waals surface area contributed by atoms with Gasteiger partial charge in [-0.25, -0.2) is 4.98 Å².